The van der Waals surface area contributed by atoms with Gasteiger partial charge in [-0.25, -0.2) is 14.8 Å². The summed E-state index contributed by atoms with van der Waals surface area (Å²) in [6.45, 7) is 6.14. The van der Waals surface area contributed by atoms with Crippen LogP contribution < -0.4 is 0 Å². The summed E-state index contributed by atoms with van der Waals surface area (Å²) in [5.74, 6) is -0.120. The zero-order valence-corrected chi connectivity index (χ0v) is 11.8. The van der Waals surface area contributed by atoms with Crippen LogP contribution in [0.1, 0.15) is 67.5 Å². The standard InChI is InChI=1S/C14H20N2O3/c1-14(2,3)11(19-4)12-15-7-9(13(17)18)10(16-12)8-5-6-8/h7-8,11H,5-6H2,1-4H3,(H,17,18). The molecule has 104 valence electrons. The predicted molar refractivity (Wildman–Crippen MR) is 70.2 cm³/mol. The summed E-state index contributed by atoms with van der Waals surface area (Å²) in [5.41, 5.74) is 0.735. The van der Waals surface area contributed by atoms with E-state index in [1.54, 1.807) is 7.11 Å². The molecule has 5 nitrogen and oxygen atoms in total. The first kappa shape index (κ1) is 13.9. The number of aromatic carboxylic acids is 1. The average molecular weight is 264 g/mol. The number of aromatic nitrogens is 2. The normalized spacial score (nSPS) is 17.3. The van der Waals surface area contributed by atoms with E-state index in [0.717, 1.165) is 12.8 Å². The van der Waals surface area contributed by atoms with Gasteiger partial charge in [0.05, 0.1) is 11.3 Å². The number of carboxylic acid groups (broad SMARTS) is 1. The number of nitrogens with zero attached hydrogens (tertiary/aromatic N) is 2. The largest absolute Gasteiger partial charge is 0.478 e. The second-order valence-corrected chi connectivity index (χ2v) is 6.09. The van der Waals surface area contributed by atoms with Gasteiger partial charge in [-0.05, 0) is 18.3 Å². The van der Waals surface area contributed by atoms with E-state index in [0.29, 0.717) is 11.5 Å². The molecule has 19 heavy (non-hydrogen) atoms. The van der Waals surface area contributed by atoms with Crippen molar-refractivity contribution in [3.63, 3.8) is 0 Å². The van der Waals surface area contributed by atoms with Gasteiger partial charge in [0.15, 0.2) is 5.82 Å². The summed E-state index contributed by atoms with van der Waals surface area (Å²) in [5, 5.41) is 9.18. The molecule has 1 aliphatic rings. The molecule has 0 bridgehead atoms. The van der Waals surface area contributed by atoms with Crippen molar-refractivity contribution in [2.24, 2.45) is 5.41 Å². The van der Waals surface area contributed by atoms with Gasteiger partial charge >= 0.3 is 5.97 Å². The van der Waals surface area contributed by atoms with Gasteiger partial charge in [-0.1, -0.05) is 20.8 Å². The van der Waals surface area contributed by atoms with Gasteiger partial charge in [0.1, 0.15) is 6.10 Å². The summed E-state index contributed by atoms with van der Waals surface area (Å²) < 4.78 is 5.48. The molecule has 2 rings (SSSR count). The van der Waals surface area contributed by atoms with Crippen LogP contribution in [0, 0.1) is 5.41 Å². The minimum Gasteiger partial charge on any atom is -0.478 e. The summed E-state index contributed by atoms with van der Waals surface area (Å²) >= 11 is 0. The molecule has 0 spiro atoms. The molecule has 1 aliphatic carbocycles. The number of methoxy groups -OCH3 is 1. The van der Waals surface area contributed by atoms with Gasteiger partial charge < -0.3 is 9.84 Å². The average Bonchev–Trinajstić information content (AvgIpc) is 3.11. The third kappa shape index (κ3) is 2.92. The Morgan fingerprint density at radius 3 is 2.53 bits per heavy atom. The van der Waals surface area contributed by atoms with E-state index in [1.165, 1.54) is 6.20 Å². The third-order valence-electron chi connectivity index (χ3n) is 3.29. The number of rotatable bonds is 4. The number of ether oxygens (including phenoxy) is 1. The lowest BCUT2D eigenvalue weighted by molar-refractivity contribution is 0.00843. The monoisotopic (exact) mass is 264 g/mol. The Bertz CT molecular complexity index is 490. The van der Waals surface area contributed by atoms with Crippen LogP contribution in [0.4, 0.5) is 0 Å². The van der Waals surface area contributed by atoms with Crippen molar-refractivity contribution in [3.05, 3.63) is 23.3 Å². The van der Waals surface area contributed by atoms with Crippen molar-refractivity contribution in [1.29, 1.82) is 0 Å². The quantitative estimate of drug-likeness (QED) is 0.905. The highest BCUT2D eigenvalue weighted by Gasteiger charge is 2.34. The molecular weight excluding hydrogens is 244 g/mol. The van der Waals surface area contributed by atoms with Gasteiger partial charge in [-0.2, -0.15) is 0 Å². The molecule has 1 fully saturated rings. The lowest BCUT2D eigenvalue weighted by Gasteiger charge is -2.28. The van der Waals surface area contributed by atoms with Gasteiger partial charge in [-0.3, -0.25) is 0 Å². The van der Waals surface area contributed by atoms with Gasteiger partial charge in [0.25, 0.3) is 0 Å². The fourth-order valence-corrected chi connectivity index (χ4v) is 2.21. The molecule has 1 N–H and O–H groups in total. The highest BCUT2D eigenvalue weighted by atomic mass is 16.5. The Morgan fingerprint density at radius 2 is 2.11 bits per heavy atom. The van der Waals surface area contributed by atoms with E-state index in [4.69, 9.17) is 4.74 Å². The summed E-state index contributed by atoms with van der Waals surface area (Å²) in [6.07, 6.45) is 3.18. The van der Waals surface area contributed by atoms with Crippen LogP contribution in [0.25, 0.3) is 0 Å². The van der Waals surface area contributed by atoms with E-state index in [9.17, 15) is 9.90 Å². The molecule has 1 aromatic rings. The second kappa shape index (κ2) is 4.89. The molecule has 5 heteroatoms. The van der Waals surface area contributed by atoms with Crippen LogP contribution in [-0.2, 0) is 4.74 Å². The van der Waals surface area contributed by atoms with Crippen molar-refractivity contribution in [2.45, 2.75) is 45.6 Å². The number of carbonyl (C=O) groups is 1. The highest BCUT2D eigenvalue weighted by molar-refractivity contribution is 5.88. The number of carboxylic acids is 1. The Morgan fingerprint density at radius 1 is 1.47 bits per heavy atom. The van der Waals surface area contributed by atoms with Crippen molar-refractivity contribution in [2.75, 3.05) is 7.11 Å². The molecule has 1 heterocycles. The summed E-state index contributed by atoms with van der Waals surface area (Å²) in [6, 6.07) is 0. The molecule has 1 atom stereocenters. The molecule has 1 unspecified atom stereocenters. The van der Waals surface area contributed by atoms with Gasteiger partial charge in [-0.15, -0.1) is 0 Å². The van der Waals surface area contributed by atoms with Gasteiger partial charge in [0, 0.05) is 19.2 Å². The van der Waals surface area contributed by atoms with E-state index < -0.39 is 5.97 Å². The molecule has 1 aromatic heterocycles. The summed E-state index contributed by atoms with van der Waals surface area (Å²) in [7, 11) is 1.63. The first-order chi connectivity index (χ1) is 8.84. The number of hydrogen-bond acceptors (Lipinski definition) is 4. The smallest absolute Gasteiger partial charge is 0.339 e. The van der Waals surface area contributed by atoms with Crippen LogP contribution >= 0.6 is 0 Å². The molecule has 0 radical (unpaired) electrons. The van der Waals surface area contributed by atoms with Crippen LogP contribution in [-0.4, -0.2) is 28.2 Å². The van der Waals surface area contributed by atoms with Crippen molar-refractivity contribution < 1.29 is 14.6 Å². The maximum atomic E-state index is 11.2. The topological polar surface area (TPSA) is 72.3 Å². The Hall–Kier alpha value is -1.49. The first-order valence-electron chi connectivity index (χ1n) is 6.47. The zero-order chi connectivity index (χ0) is 14.2. The Labute approximate surface area is 113 Å². The number of hydrogen-bond donors (Lipinski definition) is 1. The molecular formula is C14H20N2O3. The van der Waals surface area contributed by atoms with Crippen molar-refractivity contribution >= 4 is 5.97 Å². The Kier molecular flexibility index (Phi) is 3.58. The molecule has 0 amide bonds. The second-order valence-electron chi connectivity index (χ2n) is 6.09. The minimum absolute atomic E-state index is 0.139. The van der Waals surface area contributed by atoms with Gasteiger partial charge in [0.2, 0.25) is 0 Å². The van der Waals surface area contributed by atoms with Crippen LogP contribution in [0.2, 0.25) is 0 Å². The lowest BCUT2D eigenvalue weighted by Crippen LogP contribution is -2.23. The fourth-order valence-electron chi connectivity index (χ4n) is 2.21. The lowest BCUT2D eigenvalue weighted by atomic mass is 9.88. The van der Waals surface area contributed by atoms with E-state index in [1.807, 2.05) is 20.8 Å². The van der Waals surface area contributed by atoms with E-state index in [-0.39, 0.29) is 23.0 Å². The Balaban J connectivity index is 2.43. The van der Waals surface area contributed by atoms with Crippen LogP contribution in [0.15, 0.2) is 6.20 Å². The first-order valence-corrected chi connectivity index (χ1v) is 6.47. The molecule has 0 aromatic carbocycles. The minimum atomic E-state index is -0.960. The van der Waals surface area contributed by atoms with Crippen molar-refractivity contribution in [3.8, 4) is 0 Å². The predicted octanol–water partition coefficient (Wildman–Crippen LogP) is 2.79. The zero-order valence-electron chi connectivity index (χ0n) is 11.8. The summed E-state index contributed by atoms with van der Waals surface area (Å²) in [4.78, 5) is 19.9. The van der Waals surface area contributed by atoms with E-state index >= 15 is 0 Å². The fraction of sp³-hybridized carbons (Fsp3) is 0.643. The van der Waals surface area contributed by atoms with Crippen LogP contribution in [0.5, 0.6) is 0 Å². The highest BCUT2D eigenvalue weighted by Crippen LogP contribution is 2.42. The third-order valence-corrected chi connectivity index (χ3v) is 3.29. The SMILES string of the molecule is COC(c1ncc(C(=O)O)c(C2CC2)n1)C(C)(C)C. The molecule has 0 aliphatic heterocycles. The molecule has 1 saturated carbocycles. The maximum absolute atomic E-state index is 11.2. The van der Waals surface area contributed by atoms with E-state index in [2.05, 4.69) is 9.97 Å². The van der Waals surface area contributed by atoms with Crippen molar-refractivity contribution in [1.82, 2.24) is 9.97 Å². The molecule has 0 saturated heterocycles. The maximum Gasteiger partial charge on any atom is 0.339 e. The van der Waals surface area contributed by atoms with Crippen LogP contribution in [0.3, 0.4) is 0 Å².